The van der Waals surface area contributed by atoms with Crippen LogP contribution in [-0.2, 0) is 6.54 Å². The lowest BCUT2D eigenvalue weighted by atomic mass is 10.1. The maximum Gasteiger partial charge on any atom is 0.227 e. The van der Waals surface area contributed by atoms with Crippen LogP contribution in [0.3, 0.4) is 0 Å². The first-order valence-electron chi connectivity index (χ1n) is 7.94. The fourth-order valence-corrected chi connectivity index (χ4v) is 2.84. The van der Waals surface area contributed by atoms with E-state index >= 15 is 0 Å². The molecule has 0 aliphatic carbocycles. The van der Waals surface area contributed by atoms with E-state index < -0.39 is 0 Å². The molecule has 1 N–H and O–H groups in total. The first-order chi connectivity index (χ1) is 10.6. The molecular formula is C16H24N6. The van der Waals surface area contributed by atoms with Crippen molar-refractivity contribution in [3.05, 3.63) is 29.2 Å². The molecule has 0 aromatic carbocycles. The second-order valence-corrected chi connectivity index (χ2v) is 6.09. The summed E-state index contributed by atoms with van der Waals surface area (Å²) in [6.07, 6.45) is 5.66. The summed E-state index contributed by atoms with van der Waals surface area (Å²) in [6, 6.07) is 2.04. The number of rotatable bonds is 4. The van der Waals surface area contributed by atoms with Gasteiger partial charge < -0.3 is 9.80 Å². The molecular weight excluding hydrogens is 276 g/mol. The Morgan fingerprint density at radius 3 is 2.64 bits per heavy atom. The zero-order valence-electron chi connectivity index (χ0n) is 13.6. The summed E-state index contributed by atoms with van der Waals surface area (Å²) in [7, 11) is 2.06. The number of aromatic amines is 1. The number of hydrogen-bond donors (Lipinski definition) is 1. The minimum atomic E-state index is 0.790. The van der Waals surface area contributed by atoms with Crippen molar-refractivity contribution in [1.82, 2.24) is 20.2 Å². The van der Waals surface area contributed by atoms with E-state index in [1.54, 1.807) is 0 Å². The smallest absolute Gasteiger partial charge is 0.227 e. The first kappa shape index (κ1) is 14.8. The van der Waals surface area contributed by atoms with E-state index in [2.05, 4.69) is 32.0 Å². The SMILES string of the molecule is Cc1cc(N(C)Cc2cn[nH]c2C)nc(N2CCCCC2)n1. The molecule has 1 aliphatic rings. The molecule has 1 saturated heterocycles. The molecule has 0 radical (unpaired) electrons. The van der Waals surface area contributed by atoms with Crippen LogP contribution in [0, 0.1) is 13.8 Å². The standard InChI is InChI=1S/C16H24N6/c1-12-9-15(21(3)11-14-10-17-20-13(14)2)19-16(18-12)22-7-5-4-6-8-22/h9-10H,4-8,11H2,1-3H3,(H,17,20). The summed E-state index contributed by atoms with van der Waals surface area (Å²) >= 11 is 0. The Hall–Kier alpha value is -2.11. The lowest BCUT2D eigenvalue weighted by Gasteiger charge is -2.28. The largest absolute Gasteiger partial charge is 0.355 e. The minimum Gasteiger partial charge on any atom is -0.355 e. The Morgan fingerprint density at radius 1 is 1.18 bits per heavy atom. The topological polar surface area (TPSA) is 60.9 Å². The van der Waals surface area contributed by atoms with Crippen molar-refractivity contribution in [2.45, 2.75) is 39.7 Å². The normalized spacial score (nSPS) is 15.1. The number of nitrogens with zero attached hydrogens (tertiary/aromatic N) is 5. The summed E-state index contributed by atoms with van der Waals surface area (Å²) in [6.45, 7) is 7.00. The minimum absolute atomic E-state index is 0.790. The van der Waals surface area contributed by atoms with Crippen molar-refractivity contribution in [3.8, 4) is 0 Å². The molecule has 0 saturated carbocycles. The second-order valence-electron chi connectivity index (χ2n) is 6.09. The highest BCUT2D eigenvalue weighted by Crippen LogP contribution is 2.21. The van der Waals surface area contributed by atoms with Gasteiger partial charge in [0.2, 0.25) is 5.95 Å². The molecule has 0 amide bonds. The van der Waals surface area contributed by atoms with Crippen molar-refractivity contribution in [2.24, 2.45) is 0 Å². The Morgan fingerprint density at radius 2 is 1.95 bits per heavy atom. The van der Waals surface area contributed by atoms with Crippen LogP contribution in [-0.4, -0.2) is 40.3 Å². The Bertz CT molecular complexity index is 629. The van der Waals surface area contributed by atoms with Gasteiger partial charge in [-0.3, -0.25) is 5.10 Å². The van der Waals surface area contributed by atoms with Crippen LogP contribution >= 0.6 is 0 Å². The molecule has 6 nitrogen and oxygen atoms in total. The molecule has 1 fully saturated rings. The summed E-state index contributed by atoms with van der Waals surface area (Å²) in [5.74, 6) is 1.83. The number of anilines is 2. The van der Waals surface area contributed by atoms with Crippen molar-refractivity contribution in [3.63, 3.8) is 0 Å². The highest BCUT2D eigenvalue weighted by molar-refractivity contribution is 5.46. The van der Waals surface area contributed by atoms with Crippen molar-refractivity contribution >= 4 is 11.8 Å². The second kappa shape index (κ2) is 6.34. The van der Waals surface area contributed by atoms with Gasteiger partial charge in [-0.05, 0) is 33.1 Å². The summed E-state index contributed by atoms with van der Waals surface area (Å²) in [4.78, 5) is 13.9. The van der Waals surface area contributed by atoms with Gasteiger partial charge in [-0.15, -0.1) is 0 Å². The van der Waals surface area contributed by atoms with Crippen molar-refractivity contribution in [2.75, 3.05) is 29.9 Å². The number of nitrogens with one attached hydrogen (secondary N) is 1. The lowest BCUT2D eigenvalue weighted by molar-refractivity contribution is 0.567. The lowest BCUT2D eigenvalue weighted by Crippen LogP contribution is -2.31. The number of piperidine rings is 1. The molecule has 3 heterocycles. The van der Waals surface area contributed by atoms with E-state index in [-0.39, 0.29) is 0 Å². The van der Waals surface area contributed by atoms with E-state index in [1.807, 2.05) is 26.1 Å². The molecule has 118 valence electrons. The van der Waals surface area contributed by atoms with Gasteiger partial charge in [0.25, 0.3) is 0 Å². The molecule has 2 aromatic rings. The number of aryl methyl sites for hydroxylation is 2. The third-order valence-corrected chi connectivity index (χ3v) is 4.20. The molecule has 0 bridgehead atoms. The quantitative estimate of drug-likeness (QED) is 0.939. The third-order valence-electron chi connectivity index (χ3n) is 4.20. The molecule has 3 rings (SSSR count). The van der Waals surface area contributed by atoms with E-state index in [4.69, 9.17) is 4.98 Å². The van der Waals surface area contributed by atoms with Crippen LogP contribution in [0.15, 0.2) is 12.3 Å². The average Bonchev–Trinajstić information content (AvgIpc) is 2.92. The van der Waals surface area contributed by atoms with Crippen molar-refractivity contribution < 1.29 is 0 Å². The van der Waals surface area contributed by atoms with Crippen LogP contribution in [0.1, 0.15) is 36.2 Å². The summed E-state index contributed by atoms with van der Waals surface area (Å²) in [5, 5.41) is 7.07. The Labute approximate surface area is 131 Å². The van der Waals surface area contributed by atoms with Gasteiger partial charge in [-0.2, -0.15) is 10.1 Å². The van der Waals surface area contributed by atoms with E-state index in [1.165, 1.54) is 24.8 Å². The number of H-pyrrole nitrogens is 1. The number of hydrogen-bond acceptors (Lipinski definition) is 5. The van der Waals surface area contributed by atoms with Gasteiger partial charge in [-0.25, -0.2) is 4.98 Å². The highest BCUT2D eigenvalue weighted by Gasteiger charge is 2.16. The van der Waals surface area contributed by atoms with Crippen LogP contribution < -0.4 is 9.80 Å². The van der Waals surface area contributed by atoms with Crippen LogP contribution in [0.2, 0.25) is 0 Å². The van der Waals surface area contributed by atoms with Gasteiger partial charge in [0.05, 0.1) is 6.20 Å². The maximum atomic E-state index is 4.78. The van der Waals surface area contributed by atoms with E-state index in [0.717, 1.165) is 42.8 Å². The molecule has 22 heavy (non-hydrogen) atoms. The Balaban J connectivity index is 1.80. The average molecular weight is 300 g/mol. The molecule has 1 aliphatic heterocycles. The van der Waals surface area contributed by atoms with Gasteiger partial charge in [-0.1, -0.05) is 0 Å². The van der Waals surface area contributed by atoms with Gasteiger partial charge in [0.1, 0.15) is 5.82 Å². The summed E-state index contributed by atoms with van der Waals surface area (Å²) in [5.41, 5.74) is 3.31. The molecule has 0 unspecified atom stereocenters. The predicted molar refractivity (Wildman–Crippen MR) is 88.3 cm³/mol. The van der Waals surface area contributed by atoms with Crippen LogP contribution in [0.5, 0.6) is 0 Å². The molecule has 0 atom stereocenters. The Kier molecular flexibility index (Phi) is 4.27. The van der Waals surface area contributed by atoms with Crippen LogP contribution in [0.4, 0.5) is 11.8 Å². The fraction of sp³-hybridized carbons (Fsp3) is 0.562. The molecule has 2 aromatic heterocycles. The van der Waals surface area contributed by atoms with E-state index in [9.17, 15) is 0 Å². The molecule has 6 heteroatoms. The fourth-order valence-electron chi connectivity index (χ4n) is 2.84. The third kappa shape index (κ3) is 3.21. The van der Waals surface area contributed by atoms with Crippen molar-refractivity contribution in [1.29, 1.82) is 0 Å². The zero-order valence-corrected chi connectivity index (χ0v) is 13.6. The summed E-state index contributed by atoms with van der Waals surface area (Å²) < 4.78 is 0. The zero-order chi connectivity index (χ0) is 15.5. The number of aromatic nitrogens is 4. The van der Waals surface area contributed by atoms with Gasteiger partial charge >= 0.3 is 0 Å². The van der Waals surface area contributed by atoms with Gasteiger partial charge in [0.15, 0.2) is 0 Å². The highest BCUT2D eigenvalue weighted by atomic mass is 15.3. The van der Waals surface area contributed by atoms with Crippen LogP contribution in [0.25, 0.3) is 0 Å². The maximum absolute atomic E-state index is 4.78. The monoisotopic (exact) mass is 300 g/mol. The molecule has 0 spiro atoms. The van der Waals surface area contributed by atoms with E-state index in [0.29, 0.717) is 0 Å². The van der Waals surface area contributed by atoms with Gasteiger partial charge in [0, 0.05) is 49.7 Å². The predicted octanol–water partition coefficient (Wildman–Crippen LogP) is 2.44. The first-order valence-corrected chi connectivity index (χ1v) is 7.94.